The van der Waals surface area contributed by atoms with Gasteiger partial charge < -0.3 is 9.47 Å². The molecule has 1 aliphatic heterocycles. The highest BCUT2D eigenvalue weighted by Crippen LogP contribution is 2.38. The van der Waals surface area contributed by atoms with Gasteiger partial charge in [0.15, 0.2) is 11.5 Å². The first-order valence-corrected chi connectivity index (χ1v) is 12.3. The highest BCUT2D eigenvalue weighted by molar-refractivity contribution is 9.10. The molecule has 1 heterocycles. The lowest BCUT2D eigenvalue weighted by Gasteiger charge is -2.27. The molecular weight excluding hydrogens is 543 g/mol. The van der Waals surface area contributed by atoms with Crippen molar-refractivity contribution >= 4 is 45.5 Å². The molecule has 1 fully saturated rings. The molecule has 4 amide bonds. The Morgan fingerprint density at radius 2 is 1.76 bits per heavy atom. The number of hydrogen-bond donors (Lipinski definition) is 1. The second-order valence-electron chi connectivity index (χ2n) is 8.37. The quantitative estimate of drug-likeness (QED) is 0.286. The Balaban J connectivity index is 1.67. The van der Waals surface area contributed by atoms with E-state index in [0.717, 1.165) is 16.0 Å². The highest BCUT2D eigenvalue weighted by Gasteiger charge is 2.37. The molecule has 4 rings (SSSR count). The van der Waals surface area contributed by atoms with E-state index in [2.05, 4.69) is 21.2 Å². The number of amides is 4. The third-order valence-electron chi connectivity index (χ3n) is 5.82. The largest absolute Gasteiger partial charge is 0.490 e. The van der Waals surface area contributed by atoms with Gasteiger partial charge in [-0.3, -0.25) is 14.9 Å². The molecule has 0 unspecified atom stereocenters. The molecule has 1 aliphatic rings. The van der Waals surface area contributed by atoms with E-state index in [9.17, 15) is 18.8 Å². The summed E-state index contributed by atoms with van der Waals surface area (Å²) in [5.41, 5.74) is 2.89. The number of anilines is 1. The Morgan fingerprint density at radius 3 is 2.46 bits per heavy atom. The summed E-state index contributed by atoms with van der Waals surface area (Å²) in [5, 5.41) is 2.23. The molecule has 0 saturated carbocycles. The molecule has 0 aromatic heterocycles. The minimum atomic E-state index is -0.816. The predicted octanol–water partition coefficient (Wildman–Crippen LogP) is 5.85. The van der Waals surface area contributed by atoms with Crippen molar-refractivity contribution in [2.45, 2.75) is 27.4 Å². The highest BCUT2D eigenvalue weighted by atomic mass is 79.9. The SMILES string of the molecule is CCOc1cc(/C=C2\C(=O)NC(=O)N(c3ccc(C)c(C)c3)C2=O)cc(Br)c1OCc1ccccc1F. The fraction of sp³-hybridized carbons (Fsp3) is 0.179. The van der Waals surface area contributed by atoms with E-state index in [4.69, 9.17) is 9.47 Å². The molecule has 3 aromatic rings. The number of hydrogen-bond acceptors (Lipinski definition) is 5. The number of imide groups is 2. The maximum Gasteiger partial charge on any atom is 0.335 e. The maximum atomic E-state index is 14.0. The Labute approximate surface area is 222 Å². The average molecular weight is 567 g/mol. The molecule has 0 aliphatic carbocycles. The minimum absolute atomic E-state index is 0.0281. The van der Waals surface area contributed by atoms with E-state index in [-0.39, 0.29) is 18.0 Å². The Bertz CT molecular complexity index is 1440. The number of rotatable bonds is 7. The standard InChI is InChI=1S/C28H24BrFN2O5/c1-4-36-24-14-18(13-22(29)25(24)37-15-19-7-5-6-8-23(19)30)12-21-26(33)31-28(35)32(27(21)34)20-10-9-16(2)17(3)11-20/h5-14H,4,15H2,1-3H3,(H,31,33,35)/b21-12+. The van der Waals surface area contributed by atoms with E-state index in [1.165, 1.54) is 12.1 Å². The van der Waals surface area contributed by atoms with Crippen LogP contribution in [-0.4, -0.2) is 24.5 Å². The van der Waals surface area contributed by atoms with Gasteiger partial charge in [-0.05, 0) is 89.8 Å². The van der Waals surface area contributed by atoms with E-state index in [1.54, 1.807) is 55.5 Å². The van der Waals surface area contributed by atoms with Crippen LogP contribution in [0.3, 0.4) is 0 Å². The number of urea groups is 1. The molecule has 9 heteroatoms. The number of nitrogens with zero attached hydrogens (tertiary/aromatic N) is 1. The van der Waals surface area contributed by atoms with Gasteiger partial charge in [-0.2, -0.15) is 0 Å². The Hall–Kier alpha value is -3.98. The van der Waals surface area contributed by atoms with E-state index in [0.29, 0.717) is 39.4 Å². The average Bonchev–Trinajstić information content (AvgIpc) is 2.84. The van der Waals surface area contributed by atoms with Crippen LogP contribution in [0.2, 0.25) is 0 Å². The van der Waals surface area contributed by atoms with Crippen molar-refractivity contribution in [2.24, 2.45) is 0 Å². The molecule has 3 aromatic carbocycles. The summed E-state index contributed by atoms with van der Waals surface area (Å²) in [6.45, 7) is 5.88. The zero-order chi connectivity index (χ0) is 26.7. The molecule has 0 atom stereocenters. The van der Waals surface area contributed by atoms with Crippen molar-refractivity contribution in [1.29, 1.82) is 0 Å². The van der Waals surface area contributed by atoms with Crippen LogP contribution in [0.15, 0.2) is 64.6 Å². The van der Waals surface area contributed by atoms with Crippen molar-refractivity contribution in [3.8, 4) is 11.5 Å². The van der Waals surface area contributed by atoms with Crippen molar-refractivity contribution in [1.82, 2.24) is 5.32 Å². The molecule has 190 valence electrons. The minimum Gasteiger partial charge on any atom is -0.490 e. The number of benzene rings is 3. The molecule has 1 N–H and O–H groups in total. The third-order valence-corrected chi connectivity index (χ3v) is 6.41. The smallest absolute Gasteiger partial charge is 0.335 e. The van der Waals surface area contributed by atoms with Crippen LogP contribution < -0.4 is 19.7 Å². The second kappa shape index (κ2) is 11.0. The summed E-state index contributed by atoms with van der Waals surface area (Å²) in [7, 11) is 0. The van der Waals surface area contributed by atoms with Gasteiger partial charge in [-0.25, -0.2) is 14.1 Å². The number of nitrogens with one attached hydrogen (secondary N) is 1. The van der Waals surface area contributed by atoms with Gasteiger partial charge in [0.2, 0.25) is 0 Å². The van der Waals surface area contributed by atoms with Gasteiger partial charge in [-0.15, -0.1) is 0 Å². The normalized spacial score (nSPS) is 14.7. The third kappa shape index (κ3) is 5.56. The van der Waals surface area contributed by atoms with Gasteiger partial charge in [0.1, 0.15) is 18.0 Å². The van der Waals surface area contributed by atoms with Gasteiger partial charge in [-0.1, -0.05) is 24.3 Å². The van der Waals surface area contributed by atoms with Gasteiger partial charge >= 0.3 is 6.03 Å². The molecular formula is C28H24BrFN2O5. The summed E-state index contributed by atoms with van der Waals surface area (Å²) >= 11 is 3.45. The fourth-order valence-electron chi connectivity index (χ4n) is 3.76. The number of carbonyl (C=O) groups is 3. The first kappa shape index (κ1) is 26.1. The number of halogens is 2. The second-order valence-corrected chi connectivity index (χ2v) is 9.22. The Morgan fingerprint density at radius 1 is 1.00 bits per heavy atom. The van der Waals surface area contributed by atoms with Crippen LogP contribution in [0, 0.1) is 19.7 Å². The van der Waals surface area contributed by atoms with E-state index < -0.39 is 17.8 Å². The van der Waals surface area contributed by atoms with Crippen LogP contribution in [0.4, 0.5) is 14.9 Å². The number of barbiturate groups is 1. The van der Waals surface area contributed by atoms with Gasteiger partial charge in [0.05, 0.1) is 16.8 Å². The fourth-order valence-corrected chi connectivity index (χ4v) is 4.34. The van der Waals surface area contributed by atoms with E-state index in [1.807, 2.05) is 13.8 Å². The van der Waals surface area contributed by atoms with Crippen molar-refractivity contribution in [3.63, 3.8) is 0 Å². The van der Waals surface area contributed by atoms with Crippen LogP contribution in [0.5, 0.6) is 11.5 Å². The summed E-state index contributed by atoms with van der Waals surface area (Å²) in [6, 6.07) is 13.9. The lowest BCUT2D eigenvalue weighted by Crippen LogP contribution is -2.54. The van der Waals surface area contributed by atoms with Gasteiger partial charge in [0.25, 0.3) is 11.8 Å². The van der Waals surface area contributed by atoms with Crippen molar-refractivity contribution in [3.05, 3.63) is 92.7 Å². The molecule has 37 heavy (non-hydrogen) atoms. The predicted molar refractivity (Wildman–Crippen MR) is 141 cm³/mol. The summed E-state index contributed by atoms with van der Waals surface area (Å²) in [4.78, 5) is 39.4. The summed E-state index contributed by atoms with van der Waals surface area (Å²) < 4.78 is 26.1. The molecule has 1 saturated heterocycles. The molecule has 0 bridgehead atoms. The monoisotopic (exact) mass is 566 g/mol. The zero-order valence-corrected chi connectivity index (χ0v) is 22.0. The number of carbonyl (C=O) groups excluding carboxylic acids is 3. The zero-order valence-electron chi connectivity index (χ0n) is 20.4. The summed E-state index contributed by atoms with van der Waals surface area (Å²) in [6.07, 6.45) is 1.38. The molecule has 7 nitrogen and oxygen atoms in total. The Kier molecular flexibility index (Phi) is 7.73. The topological polar surface area (TPSA) is 84.9 Å². The lowest BCUT2D eigenvalue weighted by atomic mass is 10.0. The van der Waals surface area contributed by atoms with Crippen molar-refractivity contribution in [2.75, 3.05) is 11.5 Å². The van der Waals surface area contributed by atoms with Crippen LogP contribution in [0.1, 0.15) is 29.2 Å². The molecule has 0 spiro atoms. The first-order valence-electron chi connectivity index (χ1n) is 11.5. The maximum absolute atomic E-state index is 14.0. The van der Waals surface area contributed by atoms with E-state index >= 15 is 0 Å². The number of aryl methyl sites for hydroxylation is 2. The van der Waals surface area contributed by atoms with Gasteiger partial charge in [0, 0.05) is 5.56 Å². The number of ether oxygens (including phenoxy) is 2. The van der Waals surface area contributed by atoms with Crippen LogP contribution in [-0.2, 0) is 16.2 Å². The molecule has 0 radical (unpaired) electrons. The van der Waals surface area contributed by atoms with Crippen molar-refractivity contribution < 1.29 is 28.2 Å². The van der Waals surface area contributed by atoms with Crippen LogP contribution in [0.25, 0.3) is 6.08 Å². The lowest BCUT2D eigenvalue weighted by molar-refractivity contribution is -0.122. The summed E-state index contributed by atoms with van der Waals surface area (Å²) in [5.74, 6) is -1.25. The van der Waals surface area contributed by atoms with Crippen LogP contribution >= 0.6 is 15.9 Å². The first-order chi connectivity index (χ1) is 17.7.